The molecule has 2 rings (SSSR count). The zero-order chi connectivity index (χ0) is 14.2. The molecule has 0 amide bonds. The molecule has 19 heavy (non-hydrogen) atoms. The van der Waals surface area contributed by atoms with Crippen molar-refractivity contribution < 1.29 is 12.8 Å². The number of rotatable bonds is 3. The van der Waals surface area contributed by atoms with Gasteiger partial charge in [0.15, 0.2) is 0 Å². The number of benzene rings is 1. The van der Waals surface area contributed by atoms with E-state index >= 15 is 0 Å². The highest BCUT2D eigenvalue weighted by Gasteiger charge is 2.19. The van der Waals surface area contributed by atoms with Crippen molar-refractivity contribution in [2.45, 2.75) is 18.7 Å². The average molecular weight is 302 g/mol. The lowest BCUT2D eigenvalue weighted by Gasteiger charge is -2.08. The van der Waals surface area contributed by atoms with Gasteiger partial charge in [-0.3, -0.25) is 4.72 Å². The molecule has 6 nitrogen and oxygen atoms in total. The van der Waals surface area contributed by atoms with Gasteiger partial charge in [-0.25, -0.2) is 17.8 Å². The number of hydrogen-bond donors (Lipinski definition) is 2. The highest BCUT2D eigenvalue weighted by Crippen LogP contribution is 2.23. The summed E-state index contributed by atoms with van der Waals surface area (Å²) in [5.41, 5.74) is 5.85. The van der Waals surface area contributed by atoms with E-state index in [0.29, 0.717) is 5.82 Å². The Morgan fingerprint density at radius 2 is 2.05 bits per heavy atom. The Labute approximate surface area is 113 Å². The van der Waals surface area contributed by atoms with Crippen LogP contribution in [0.1, 0.15) is 11.4 Å². The van der Waals surface area contributed by atoms with Crippen molar-refractivity contribution >= 4 is 32.4 Å². The third-order valence-electron chi connectivity index (χ3n) is 2.42. The lowest BCUT2D eigenvalue weighted by Crippen LogP contribution is -2.14. The fourth-order valence-corrected chi connectivity index (χ4v) is 3.19. The molecule has 0 spiro atoms. The van der Waals surface area contributed by atoms with Crippen molar-refractivity contribution in [1.82, 2.24) is 9.36 Å². The van der Waals surface area contributed by atoms with Crippen LogP contribution >= 0.6 is 11.5 Å². The third-order valence-corrected chi connectivity index (χ3v) is 4.59. The van der Waals surface area contributed by atoms with Crippen LogP contribution in [-0.4, -0.2) is 17.8 Å². The molecule has 1 aromatic heterocycles. The summed E-state index contributed by atoms with van der Waals surface area (Å²) < 4.78 is 43.7. The number of halogens is 1. The van der Waals surface area contributed by atoms with E-state index < -0.39 is 15.8 Å². The minimum atomic E-state index is -3.92. The topological polar surface area (TPSA) is 98.0 Å². The van der Waals surface area contributed by atoms with Crippen LogP contribution in [0.15, 0.2) is 17.0 Å². The predicted molar refractivity (Wildman–Crippen MR) is 71.0 cm³/mol. The lowest BCUT2D eigenvalue weighted by atomic mass is 10.2. The van der Waals surface area contributed by atoms with Crippen LogP contribution in [0.3, 0.4) is 0 Å². The molecule has 102 valence electrons. The second-order valence-corrected chi connectivity index (χ2v) is 6.31. The van der Waals surface area contributed by atoms with Gasteiger partial charge in [0.05, 0.1) is 4.90 Å². The molecule has 0 fully saturated rings. The molecule has 0 saturated heterocycles. The monoisotopic (exact) mass is 302 g/mol. The van der Waals surface area contributed by atoms with E-state index in [2.05, 4.69) is 14.1 Å². The minimum Gasteiger partial charge on any atom is -0.398 e. The van der Waals surface area contributed by atoms with Crippen LogP contribution < -0.4 is 10.5 Å². The SMILES string of the molecule is Cc1nsc(NS(=O)(=O)c2cc(N)c(C)c(F)c2)n1. The summed E-state index contributed by atoms with van der Waals surface area (Å²) in [5, 5.41) is 0.122. The summed E-state index contributed by atoms with van der Waals surface area (Å²) in [7, 11) is -3.92. The number of nitrogens with zero attached hydrogens (tertiary/aromatic N) is 2. The number of nitrogens with one attached hydrogen (secondary N) is 1. The molecule has 0 unspecified atom stereocenters. The molecule has 9 heteroatoms. The van der Waals surface area contributed by atoms with Crippen molar-refractivity contribution in [2.75, 3.05) is 10.5 Å². The second-order valence-electron chi connectivity index (χ2n) is 3.87. The highest BCUT2D eigenvalue weighted by molar-refractivity contribution is 7.93. The van der Waals surface area contributed by atoms with E-state index in [4.69, 9.17) is 5.73 Å². The van der Waals surface area contributed by atoms with Crippen molar-refractivity contribution in [2.24, 2.45) is 0 Å². The van der Waals surface area contributed by atoms with Crippen LogP contribution in [0.2, 0.25) is 0 Å². The Hall–Kier alpha value is -1.74. The van der Waals surface area contributed by atoms with Gasteiger partial charge >= 0.3 is 0 Å². The molecule has 0 atom stereocenters. The van der Waals surface area contributed by atoms with Gasteiger partial charge < -0.3 is 5.73 Å². The van der Waals surface area contributed by atoms with E-state index in [1.54, 1.807) is 6.92 Å². The van der Waals surface area contributed by atoms with Crippen LogP contribution in [0, 0.1) is 19.7 Å². The maximum absolute atomic E-state index is 13.5. The van der Waals surface area contributed by atoms with Gasteiger partial charge in [0.1, 0.15) is 11.6 Å². The Bertz CT molecular complexity index is 704. The zero-order valence-corrected chi connectivity index (χ0v) is 11.8. The molecule has 0 aliphatic carbocycles. The smallest absolute Gasteiger partial charge is 0.263 e. The molecule has 3 N–H and O–H groups in total. The molecule has 1 heterocycles. The van der Waals surface area contributed by atoms with Crippen molar-refractivity contribution in [3.05, 3.63) is 29.3 Å². The van der Waals surface area contributed by atoms with Crippen LogP contribution in [0.5, 0.6) is 0 Å². The number of nitrogen functional groups attached to an aromatic ring is 1. The first-order chi connectivity index (χ1) is 8.79. The van der Waals surface area contributed by atoms with Gasteiger partial charge in [-0.05, 0) is 26.0 Å². The van der Waals surface area contributed by atoms with E-state index in [1.165, 1.54) is 13.0 Å². The summed E-state index contributed by atoms with van der Waals surface area (Å²) >= 11 is 0.906. The van der Waals surface area contributed by atoms with Gasteiger partial charge in [-0.2, -0.15) is 4.37 Å². The molecule has 0 aliphatic heterocycles. The van der Waals surface area contributed by atoms with Gasteiger partial charge in [0.2, 0.25) is 5.13 Å². The summed E-state index contributed by atoms with van der Waals surface area (Å²) in [6, 6.07) is 2.12. The molecule has 0 saturated carbocycles. The molecular formula is C10H11FN4O2S2. The van der Waals surface area contributed by atoms with Crippen molar-refractivity contribution in [1.29, 1.82) is 0 Å². The Balaban J connectivity index is 2.40. The fraction of sp³-hybridized carbons (Fsp3) is 0.200. The molecule has 2 aromatic rings. The van der Waals surface area contributed by atoms with Gasteiger partial charge in [-0.1, -0.05) is 0 Å². The van der Waals surface area contributed by atoms with Crippen molar-refractivity contribution in [3.63, 3.8) is 0 Å². The van der Waals surface area contributed by atoms with E-state index in [9.17, 15) is 12.8 Å². The lowest BCUT2D eigenvalue weighted by molar-refractivity contribution is 0.593. The first-order valence-electron chi connectivity index (χ1n) is 5.18. The number of nitrogens with two attached hydrogens (primary N) is 1. The summed E-state index contributed by atoms with van der Waals surface area (Å²) in [6.45, 7) is 3.11. The van der Waals surface area contributed by atoms with Crippen molar-refractivity contribution in [3.8, 4) is 0 Å². The van der Waals surface area contributed by atoms with Crippen LogP contribution in [-0.2, 0) is 10.0 Å². The van der Waals surface area contributed by atoms with Crippen LogP contribution in [0.25, 0.3) is 0 Å². The largest absolute Gasteiger partial charge is 0.398 e. The number of hydrogen-bond acceptors (Lipinski definition) is 6. The molecule has 0 bridgehead atoms. The average Bonchev–Trinajstić information content (AvgIpc) is 2.70. The maximum Gasteiger partial charge on any atom is 0.263 e. The fourth-order valence-electron chi connectivity index (χ4n) is 1.34. The molecule has 0 radical (unpaired) electrons. The van der Waals surface area contributed by atoms with Crippen LogP contribution in [0.4, 0.5) is 15.2 Å². The zero-order valence-electron chi connectivity index (χ0n) is 10.1. The second kappa shape index (κ2) is 4.74. The third kappa shape index (κ3) is 2.82. The Kier molecular flexibility index (Phi) is 3.42. The standard InChI is InChI=1S/C10H11FN4O2S2/c1-5-8(11)3-7(4-9(5)12)19(16,17)15-10-13-6(2)14-18-10/h3-4H,12H2,1-2H3,(H,13,14,15). The summed E-state index contributed by atoms with van der Waals surface area (Å²) in [5.74, 6) is -0.217. The summed E-state index contributed by atoms with van der Waals surface area (Å²) in [4.78, 5) is 3.63. The molecular weight excluding hydrogens is 291 g/mol. The van der Waals surface area contributed by atoms with Gasteiger partial charge in [0.25, 0.3) is 10.0 Å². The van der Waals surface area contributed by atoms with Gasteiger partial charge in [-0.15, -0.1) is 0 Å². The Morgan fingerprint density at radius 1 is 1.37 bits per heavy atom. The normalized spacial score (nSPS) is 11.5. The van der Waals surface area contributed by atoms with Gasteiger partial charge in [0, 0.05) is 22.8 Å². The highest BCUT2D eigenvalue weighted by atomic mass is 32.2. The first kappa shape index (κ1) is 13.7. The van der Waals surface area contributed by atoms with E-state index in [0.717, 1.165) is 17.6 Å². The number of anilines is 2. The van der Waals surface area contributed by atoms with E-state index in [1.807, 2.05) is 0 Å². The Morgan fingerprint density at radius 3 is 2.58 bits per heavy atom. The summed E-state index contributed by atoms with van der Waals surface area (Å²) in [6.07, 6.45) is 0. The number of sulfonamides is 1. The minimum absolute atomic E-state index is 0.0776. The first-order valence-corrected chi connectivity index (χ1v) is 7.44. The predicted octanol–water partition coefficient (Wildman–Crippen LogP) is 1.68. The number of aromatic nitrogens is 2. The van der Waals surface area contributed by atoms with E-state index in [-0.39, 0.29) is 21.3 Å². The number of aryl methyl sites for hydroxylation is 1. The maximum atomic E-state index is 13.5. The quantitative estimate of drug-likeness (QED) is 0.841. The molecule has 0 aliphatic rings. The molecule has 1 aromatic carbocycles.